The lowest BCUT2D eigenvalue weighted by atomic mass is 9.88. The smallest absolute Gasteiger partial charge is 0.194 e. The van der Waals surface area contributed by atoms with Gasteiger partial charge in [0, 0.05) is 12.3 Å². The lowest BCUT2D eigenvalue weighted by Crippen LogP contribution is -2.39. The van der Waals surface area contributed by atoms with Crippen molar-refractivity contribution in [3.63, 3.8) is 0 Å². The van der Waals surface area contributed by atoms with Crippen LogP contribution < -0.4 is 16.0 Å². The summed E-state index contributed by atoms with van der Waals surface area (Å²) in [5.41, 5.74) is 6.99. The number of benzene rings is 1. The normalized spacial score (nSPS) is 23.1. The van der Waals surface area contributed by atoms with E-state index in [-0.39, 0.29) is 21.4 Å². The molecule has 4 rings (SSSR count). The monoisotopic (exact) mass is 505 g/mol. The number of hydrogen-bond acceptors (Lipinski definition) is 10. The number of hydrogen-bond donors (Lipinski definition) is 3. The van der Waals surface area contributed by atoms with E-state index in [0.29, 0.717) is 44.3 Å². The molecular formula is C24H36N5O5P. The van der Waals surface area contributed by atoms with Gasteiger partial charge < -0.3 is 30.3 Å². The Kier molecular flexibility index (Phi) is 8.75. The fourth-order valence-electron chi connectivity index (χ4n) is 4.72. The molecule has 0 saturated carbocycles. The molecule has 10 nitrogen and oxygen atoms in total. The third kappa shape index (κ3) is 6.02. The number of nitrogens with two attached hydrogens (primary N) is 1. The number of anilines is 3. The van der Waals surface area contributed by atoms with Gasteiger partial charge in [0.05, 0.1) is 25.5 Å². The van der Waals surface area contributed by atoms with E-state index in [0.717, 1.165) is 23.5 Å². The van der Waals surface area contributed by atoms with E-state index in [9.17, 15) is 5.11 Å². The summed E-state index contributed by atoms with van der Waals surface area (Å²) in [6.07, 6.45) is 3.39. The SMILES string of the molecule is CCC(CC)(CC(O)c1ccccc1)OOPOCC1CC(C)C(N2CNc3c(N)ncnc32)O1. The fourth-order valence-corrected chi connectivity index (χ4v) is 5.24. The van der Waals surface area contributed by atoms with Crippen molar-refractivity contribution >= 4 is 26.4 Å². The number of rotatable bonds is 12. The number of fused-ring (bicyclic) bond motifs is 1. The molecule has 3 heterocycles. The highest BCUT2D eigenvalue weighted by atomic mass is 31.1. The van der Waals surface area contributed by atoms with Gasteiger partial charge in [0.25, 0.3) is 0 Å². The Morgan fingerprint density at radius 1 is 1.29 bits per heavy atom. The van der Waals surface area contributed by atoms with Crippen LogP contribution in [0.3, 0.4) is 0 Å². The van der Waals surface area contributed by atoms with Gasteiger partial charge in [-0.1, -0.05) is 51.1 Å². The number of aliphatic hydroxyl groups excluding tert-OH is 1. The number of ether oxygens (including phenoxy) is 1. The molecule has 2 aliphatic heterocycles. The van der Waals surface area contributed by atoms with Crippen LogP contribution >= 0.6 is 9.03 Å². The molecule has 11 heteroatoms. The van der Waals surface area contributed by atoms with E-state index in [1.54, 1.807) is 0 Å². The van der Waals surface area contributed by atoms with Crippen LogP contribution in [0, 0.1) is 5.92 Å². The molecule has 192 valence electrons. The molecule has 5 unspecified atom stereocenters. The second kappa shape index (κ2) is 11.8. The summed E-state index contributed by atoms with van der Waals surface area (Å²) >= 11 is 0. The average molecular weight is 506 g/mol. The second-order valence-corrected chi connectivity index (χ2v) is 9.83. The number of aromatic nitrogens is 2. The van der Waals surface area contributed by atoms with E-state index in [1.165, 1.54) is 6.33 Å². The van der Waals surface area contributed by atoms with Gasteiger partial charge in [0.1, 0.15) is 23.8 Å². The van der Waals surface area contributed by atoms with Gasteiger partial charge in [-0.15, -0.1) is 0 Å². The van der Waals surface area contributed by atoms with Crippen LogP contribution in [0.15, 0.2) is 36.7 Å². The first-order chi connectivity index (χ1) is 17.0. The first-order valence-electron chi connectivity index (χ1n) is 12.2. The molecule has 0 bridgehead atoms. The zero-order chi connectivity index (χ0) is 24.8. The molecule has 2 aromatic rings. The maximum atomic E-state index is 10.7. The Labute approximate surface area is 208 Å². The van der Waals surface area contributed by atoms with E-state index in [1.807, 2.05) is 44.2 Å². The summed E-state index contributed by atoms with van der Waals surface area (Å²) in [6, 6.07) is 9.61. The molecule has 4 N–H and O–H groups in total. The molecule has 1 fully saturated rings. The summed E-state index contributed by atoms with van der Waals surface area (Å²) in [6.45, 7) is 7.20. The van der Waals surface area contributed by atoms with Crippen LogP contribution in [0.25, 0.3) is 0 Å². The second-order valence-electron chi connectivity index (χ2n) is 9.21. The Morgan fingerprint density at radius 3 is 2.80 bits per heavy atom. The summed E-state index contributed by atoms with van der Waals surface area (Å²) in [5, 5.41) is 13.9. The van der Waals surface area contributed by atoms with E-state index in [4.69, 9.17) is 24.6 Å². The van der Waals surface area contributed by atoms with E-state index in [2.05, 4.69) is 27.1 Å². The van der Waals surface area contributed by atoms with Crippen LogP contribution in [0.5, 0.6) is 0 Å². The highest BCUT2D eigenvalue weighted by Crippen LogP contribution is 2.39. The van der Waals surface area contributed by atoms with Crippen molar-refractivity contribution in [2.24, 2.45) is 5.92 Å². The topological polar surface area (TPSA) is 124 Å². The number of nitrogens with zero attached hydrogens (tertiary/aromatic N) is 3. The van der Waals surface area contributed by atoms with Crippen molar-refractivity contribution in [3.8, 4) is 0 Å². The molecule has 0 spiro atoms. The van der Waals surface area contributed by atoms with Gasteiger partial charge in [0.2, 0.25) is 0 Å². The predicted molar refractivity (Wildman–Crippen MR) is 136 cm³/mol. The third-order valence-corrected chi connectivity index (χ3v) is 7.37. The predicted octanol–water partition coefficient (Wildman–Crippen LogP) is 4.16. The highest BCUT2D eigenvalue weighted by Gasteiger charge is 2.40. The van der Waals surface area contributed by atoms with Gasteiger partial charge in [-0.25, -0.2) is 14.9 Å². The minimum Gasteiger partial charge on any atom is -0.388 e. The van der Waals surface area contributed by atoms with Crippen LogP contribution in [0.1, 0.15) is 58.1 Å². The molecule has 0 aliphatic carbocycles. The van der Waals surface area contributed by atoms with Crippen molar-refractivity contribution in [2.75, 3.05) is 29.2 Å². The molecule has 1 aromatic carbocycles. The standard InChI is InChI=1S/C24H36N5O5P/c1-4-24(5-2,12-19(30)17-9-7-6-8-10-17)33-34-35-31-13-18-11-16(3)23(32-18)29-15-28-20-21(25)26-14-27-22(20)29/h6-10,14,16,18-19,23,28,30,35H,4-5,11-13,15H2,1-3H3,(H2,25,26,27). The van der Waals surface area contributed by atoms with Crippen molar-refractivity contribution in [3.05, 3.63) is 42.2 Å². The van der Waals surface area contributed by atoms with Gasteiger partial charge >= 0.3 is 0 Å². The Morgan fingerprint density at radius 2 is 2.06 bits per heavy atom. The van der Waals surface area contributed by atoms with Gasteiger partial charge in [-0.2, -0.15) is 4.67 Å². The zero-order valence-corrected chi connectivity index (χ0v) is 21.5. The number of nitrogen functional groups attached to an aromatic ring is 1. The minimum absolute atomic E-state index is 0.0589. The van der Waals surface area contributed by atoms with Crippen molar-refractivity contribution in [2.45, 2.75) is 70.5 Å². The first kappa shape index (κ1) is 26.0. The Hall–Kier alpha value is -2.07. The summed E-state index contributed by atoms with van der Waals surface area (Å²) in [5.74, 6) is 1.50. The molecule has 0 amide bonds. The van der Waals surface area contributed by atoms with Gasteiger partial charge in [-0.05, 0) is 24.8 Å². The first-order valence-corrected chi connectivity index (χ1v) is 13.0. The summed E-state index contributed by atoms with van der Waals surface area (Å²) in [7, 11) is -0.285. The molecule has 1 aromatic heterocycles. The van der Waals surface area contributed by atoms with Gasteiger partial charge in [-0.3, -0.25) is 0 Å². The quantitative estimate of drug-likeness (QED) is 0.168. The third-order valence-electron chi connectivity index (χ3n) is 6.93. The molecule has 5 atom stereocenters. The van der Waals surface area contributed by atoms with Crippen LogP contribution in [0.2, 0.25) is 0 Å². The maximum Gasteiger partial charge on any atom is 0.194 e. The van der Waals surface area contributed by atoms with Gasteiger partial charge in [0.15, 0.2) is 20.7 Å². The maximum absolute atomic E-state index is 10.7. The zero-order valence-electron chi connectivity index (χ0n) is 20.5. The molecule has 0 radical (unpaired) electrons. The minimum atomic E-state index is -0.625. The average Bonchev–Trinajstić information content (AvgIpc) is 3.47. The van der Waals surface area contributed by atoms with Crippen molar-refractivity contribution in [1.29, 1.82) is 0 Å². The lowest BCUT2D eigenvalue weighted by molar-refractivity contribution is -0.299. The fraction of sp³-hybridized carbons (Fsp3) is 0.583. The Balaban J connectivity index is 1.22. The molecule has 2 aliphatic rings. The highest BCUT2D eigenvalue weighted by molar-refractivity contribution is 7.26. The Bertz CT molecular complexity index is 951. The number of nitrogens with one attached hydrogen (secondary N) is 1. The summed E-state index contributed by atoms with van der Waals surface area (Å²) < 4.78 is 17.5. The van der Waals surface area contributed by atoms with Crippen molar-refractivity contribution < 1.29 is 23.9 Å². The molecular weight excluding hydrogens is 469 g/mol. The van der Waals surface area contributed by atoms with Crippen LogP contribution in [-0.2, 0) is 18.8 Å². The largest absolute Gasteiger partial charge is 0.388 e. The van der Waals surface area contributed by atoms with E-state index >= 15 is 0 Å². The van der Waals surface area contributed by atoms with E-state index < -0.39 is 11.7 Å². The molecule has 1 saturated heterocycles. The van der Waals surface area contributed by atoms with Crippen molar-refractivity contribution in [1.82, 2.24) is 9.97 Å². The van der Waals surface area contributed by atoms with Crippen LogP contribution in [-0.4, -0.2) is 46.3 Å². The lowest BCUT2D eigenvalue weighted by Gasteiger charge is -2.32. The molecule has 35 heavy (non-hydrogen) atoms. The number of aliphatic hydroxyl groups is 1. The summed E-state index contributed by atoms with van der Waals surface area (Å²) in [4.78, 5) is 16.3. The van der Waals surface area contributed by atoms with Crippen LogP contribution in [0.4, 0.5) is 17.3 Å².